The Bertz CT molecular complexity index is 985. The average molecular weight is 458 g/mol. The molecule has 3 fully saturated rings. The van der Waals surface area contributed by atoms with Gasteiger partial charge < -0.3 is 26.6 Å². The molecule has 3 saturated heterocycles. The number of piperidine rings is 3. The Morgan fingerprint density at radius 3 is 2.16 bits per heavy atom. The minimum absolute atomic E-state index is 0. The fourth-order valence-corrected chi connectivity index (χ4v) is 5.51. The molecule has 0 aromatic heterocycles. The van der Waals surface area contributed by atoms with Crippen LogP contribution in [0.25, 0.3) is 0 Å². The zero-order chi connectivity index (χ0) is 21.6. The van der Waals surface area contributed by atoms with E-state index in [4.69, 9.17) is 14.2 Å². The van der Waals surface area contributed by atoms with Gasteiger partial charge in [-0.1, -0.05) is 36.4 Å². The Kier molecular flexibility index (Phi) is 5.94. The molecule has 0 saturated carbocycles. The molecular formula is C25H28ClNO5. The zero-order valence-corrected chi connectivity index (χ0v) is 19.1. The van der Waals surface area contributed by atoms with Crippen molar-refractivity contribution in [3.8, 4) is 11.5 Å². The summed E-state index contributed by atoms with van der Waals surface area (Å²) in [7, 11) is 0. The Labute approximate surface area is 194 Å². The number of fused-ring (bicyclic) bond motifs is 5. The lowest BCUT2D eigenvalue weighted by Crippen LogP contribution is -3.00. The van der Waals surface area contributed by atoms with Crippen molar-refractivity contribution >= 4 is 11.9 Å². The summed E-state index contributed by atoms with van der Waals surface area (Å²) >= 11 is 0. The summed E-state index contributed by atoms with van der Waals surface area (Å²) in [5, 5.41) is 0. The molecule has 1 atom stereocenters. The lowest BCUT2D eigenvalue weighted by molar-refractivity contribution is -0.960. The number of hydrogen-bond donors (Lipinski definition) is 0. The van der Waals surface area contributed by atoms with Crippen LogP contribution >= 0.6 is 0 Å². The lowest BCUT2D eigenvalue weighted by atomic mass is 9.74. The fraction of sp³-hybridized carbons (Fsp3) is 0.440. The Hall–Kier alpha value is -2.57. The van der Waals surface area contributed by atoms with Gasteiger partial charge in [-0.3, -0.25) is 14.1 Å². The highest BCUT2D eigenvalue weighted by Gasteiger charge is 2.50. The van der Waals surface area contributed by atoms with E-state index >= 15 is 0 Å². The quantitative estimate of drug-likeness (QED) is 0.501. The van der Waals surface area contributed by atoms with Crippen molar-refractivity contribution in [3.05, 3.63) is 59.7 Å². The van der Waals surface area contributed by atoms with Crippen LogP contribution in [0.3, 0.4) is 0 Å². The van der Waals surface area contributed by atoms with Gasteiger partial charge in [0, 0.05) is 36.8 Å². The Balaban J connectivity index is 0.00000245. The van der Waals surface area contributed by atoms with Gasteiger partial charge in [-0.25, -0.2) is 0 Å². The van der Waals surface area contributed by atoms with Crippen LogP contribution in [-0.4, -0.2) is 48.9 Å². The molecule has 2 bridgehead atoms. The molecule has 4 heterocycles. The molecule has 2 aromatic rings. The van der Waals surface area contributed by atoms with Crippen LogP contribution in [0.2, 0.25) is 0 Å². The van der Waals surface area contributed by atoms with Crippen LogP contribution < -0.4 is 17.1 Å². The smallest absolute Gasteiger partial charge is 0.325 e. The summed E-state index contributed by atoms with van der Waals surface area (Å²) in [6.45, 7) is 6.28. The predicted octanol–water partition coefficient (Wildman–Crippen LogP) is 0.775. The Morgan fingerprint density at radius 2 is 1.59 bits per heavy atom. The maximum Gasteiger partial charge on any atom is 0.325 e. The van der Waals surface area contributed by atoms with Crippen molar-refractivity contribution < 1.29 is 40.7 Å². The van der Waals surface area contributed by atoms with Gasteiger partial charge in [0.2, 0.25) is 6.73 Å². The van der Waals surface area contributed by atoms with Crippen molar-refractivity contribution in [2.75, 3.05) is 26.4 Å². The number of rotatable bonds is 4. The average Bonchev–Trinajstić information content (AvgIpc) is 2.78. The van der Waals surface area contributed by atoms with Crippen LogP contribution in [0.15, 0.2) is 48.5 Å². The second-order valence-corrected chi connectivity index (χ2v) is 9.24. The molecule has 0 N–H and O–H groups in total. The highest BCUT2D eigenvalue weighted by atomic mass is 35.5. The molecule has 4 aliphatic heterocycles. The standard InChI is InChI=1S/C25H28NO5.ClH/c1-17(27)30-23-15-26(13-11-18(23)12-14-26)16-29-24(28)25(2)19-7-3-5-9-21(19)31-22-10-6-4-8-20(22)25;/h3-10,18,23H,11-16H2,1-2H3;1H/q+1;/p-1. The molecule has 0 aliphatic carbocycles. The largest absolute Gasteiger partial charge is 1.00 e. The summed E-state index contributed by atoms with van der Waals surface area (Å²) in [4.78, 5) is 25.2. The monoisotopic (exact) mass is 457 g/mol. The molecule has 32 heavy (non-hydrogen) atoms. The first-order chi connectivity index (χ1) is 14.9. The Morgan fingerprint density at radius 1 is 1.03 bits per heavy atom. The predicted molar refractivity (Wildman–Crippen MR) is 114 cm³/mol. The van der Waals surface area contributed by atoms with E-state index < -0.39 is 5.41 Å². The first kappa shape index (κ1) is 22.6. The van der Waals surface area contributed by atoms with E-state index in [1.54, 1.807) is 0 Å². The third-order valence-corrected chi connectivity index (χ3v) is 7.31. The van der Waals surface area contributed by atoms with Crippen molar-refractivity contribution in [1.29, 1.82) is 0 Å². The van der Waals surface area contributed by atoms with E-state index in [1.807, 2.05) is 55.5 Å². The third kappa shape index (κ3) is 3.65. The minimum Gasteiger partial charge on any atom is -1.00 e. The summed E-state index contributed by atoms with van der Waals surface area (Å²) in [6.07, 6.45) is 1.90. The molecular weight excluding hydrogens is 430 g/mol. The molecule has 0 amide bonds. The van der Waals surface area contributed by atoms with Gasteiger partial charge in [0.15, 0.2) is 6.10 Å². The van der Waals surface area contributed by atoms with Gasteiger partial charge in [0.05, 0.1) is 13.1 Å². The number of esters is 2. The van der Waals surface area contributed by atoms with E-state index in [0.717, 1.165) is 37.1 Å². The molecule has 0 spiro atoms. The van der Waals surface area contributed by atoms with Gasteiger partial charge in [-0.2, -0.15) is 0 Å². The van der Waals surface area contributed by atoms with Gasteiger partial charge in [0.25, 0.3) is 0 Å². The first-order valence-corrected chi connectivity index (χ1v) is 11.0. The van der Waals surface area contributed by atoms with Crippen molar-refractivity contribution in [2.45, 2.75) is 38.2 Å². The molecule has 6 nitrogen and oxygen atoms in total. The topological polar surface area (TPSA) is 61.8 Å². The number of ether oxygens (including phenoxy) is 3. The molecule has 2 aromatic carbocycles. The fourth-order valence-electron chi connectivity index (χ4n) is 5.51. The molecule has 6 rings (SSSR count). The van der Waals surface area contributed by atoms with Gasteiger partial charge >= 0.3 is 11.9 Å². The van der Waals surface area contributed by atoms with E-state index in [9.17, 15) is 9.59 Å². The number of hydrogen-bond acceptors (Lipinski definition) is 5. The maximum absolute atomic E-state index is 13.6. The summed E-state index contributed by atoms with van der Waals surface area (Å²) in [5.74, 6) is 1.27. The SMILES string of the molecule is CC(=O)OC1C[N+]2(COC(=O)C3(C)c4ccccc4Oc4ccccc43)CCC1CC2.[Cl-]. The summed E-state index contributed by atoms with van der Waals surface area (Å²) < 4.78 is 18.3. The highest BCUT2D eigenvalue weighted by Crippen LogP contribution is 2.48. The van der Waals surface area contributed by atoms with Gasteiger partial charge in [-0.05, 0) is 19.1 Å². The molecule has 170 valence electrons. The second-order valence-electron chi connectivity index (χ2n) is 9.24. The van der Waals surface area contributed by atoms with E-state index in [-0.39, 0.29) is 30.4 Å². The minimum atomic E-state index is -0.951. The summed E-state index contributed by atoms with van der Waals surface area (Å²) in [5.41, 5.74) is 0.676. The van der Waals surface area contributed by atoms with Crippen molar-refractivity contribution in [3.63, 3.8) is 0 Å². The number of quaternary nitrogens is 1. The highest BCUT2D eigenvalue weighted by molar-refractivity contribution is 5.90. The number of carbonyl (C=O) groups excluding carboxylic acids is 2. The number of nitrogens with zero attached hydrogens (tertiary/aromatic N) is 1. The van der Waals surface area contributed by atoms with Gasteiger partial charge in [-0.15, -0.1) is 0 Å². The molecule has 7 heteroatoms. The first-order valence-electron chi connectivity index (χ1n) is 11.0. The van der Waals surface area contributed by atoms with Crippen molar-refractivity contribution in [1.82, 2.24) is 0 Å². The van der Waals surface area contributed by atoms with Crippen LogP contribution in [0.5, 0.6) is 11.5 Å². The third-order valence-electron chi connectivity index (χ3n) is 7.31. The van der Waals surface area contributed by atoms with Crippen LogP contribution in [0.1, 0.15) is 37.8 Å². The molecule has 0 radical (unpaired) electrons. The molecule has 4 aliphatic rings. The normalized spacial score (nSPS) is 26.6. The van der Waals surface area contributed by atoms with E-state index in [0.29, 0.717) is 35.2 Å². The zero-order valence-electron chi connectivity index (χ0n) is 18.4. The van der Waals surface area contributed by atoms with E-state index in [1.165, 1.54) is 6.92 Å². The number of halogens is 1. The van der Waals surface area contributed by atoms with Crippen LogP contribution in [0, 0.1) is 5.92 Å². The number of carbonyl (C=O) groups is 2. The lowest BCUT2D eigenvalue weighted by Gasteiger charge is -2.51. The second kappa shape index (κ2) is 8.41. The van der Waals surface area contributed by atoms with Gasteiger partial charge in [0.1, 0.15) is 23.5 Å². The maximum atomic E-state index is 13.6. The number of benzene rings is 2. The summed E-state index contributed by atoms with van der Waals surface area (Å²) in [6, 6.07) is 15.3. The van der Waals surface area contributed by atoms with Crippen molar-refractivity contribution in [2.24, 2.45) is 5.92 Å². The van der Waals surface area contributed by atoms with E-state index in [2.05, 4.69) is 0 Å². The van der Waals surface area contributed by atoms with Crippen LogP contribution in [0.4, 0.5) is 0 Å². The van der Waals surface area contributed by atoms with Crippen LogP contribution in [-0.2, 0) is 24.5 Å². The number of para-hydroxylation sites is 2. The molecule has 1 unspecified atom stereocenters.